The first-order valence-electron chi connectivity index (χ1n) is 5.52. The first kappa shape index (κ1) is 11.0. The third-order valence-electron chi connectivity index (χ3n) is 2.88. The van der Waals surface area contributed by atoms with E-state index >= 15 is 0 Å². The van der Waals surface area contributed by atoms with Gasteiger partial charge in [-0.25, -0.2) is 4.98 Å². The van der Waals surface area contributed by atoms with Gasteiger partial charge >= 0.3 is 0 Å². The molecule has 0 aliphatic rings. The fourth-order valence-electron chi connectivity index (χ4n) is 2.06. The van der Waals surface area contributed by atoms with Crippen LogP contribution < -0.4 is 5.73 Å². The molecule has 90 valence electrons. The van der Waals surface area contributed by atoms with Crippen molar-refractivity contribution in [3.8, 4) is 11.1 Å². The topological polar surface area (TPSA) is 56.2 Å². The second-order valence-corrected chi connectivity index (χ2v) is 4.50. The number of rotatable bonds is 1. The molecule has 0 bridgehead atoms. The van der Waals surface area contributed by atoms with E-state index in [1.54, 1.807) is 10.7 Å². The van der Waals surface area contributed by atoms with E-state index in [-0.39, 0.29) is 0 Å². The van der Waals surface area contributed by atoms with E-state index in [0.717, 1.165) is 22.5 Å². The number of aryl methyl sites for hydroxylation is 1. The summed E-state index contributed by atoms with van der Waals surface area (Å²) >= 11 is 5.89. The van der Waals surface area contributed by atoms with Crippen LogP contribution in [0.5, 0.6) is 0 Å². The van der Waals surface area contributed by atoms with Crippen molar-refractivity contribution in [1.29, 1.82) is 0 Å². The lowest BCUT2D eigenvalue weighted by Gasteiger charge is -2.10. The number of benzene rings is 1. The van der Waals surface area contributed by atoms with E-state index in [4.69, 9.17) is 17.3 Å². The second kappa shape index (κ2) is 3.99. The van der Waals surface area contributed by atoms with Gasteiger partial charge in [0.05, 0.1) is 11.9 Å². The zero-order valence-corrected chi connectivity index (χ0v) is 10.5. The molecule has 3 rings (SSSR count). The Bertz CT molecular complexity index is 716. The zero-order chi connectivity index (χ0) is 12.7. The number of nitrogens with zero attached hydrogens (tertiary/aromatic N) is 3. The molecule has 3 aromatic rings. The largest absolute Gasteiger partial charge is 0.383 e. The van der Waals surface area contributed by atoms with Crippen LogP contribution in [0.4, 0.5) is 5.82 Å². The van der Waals surface area contributed by atoms with Gasteiger partial charge < -0.3 is 5.73 Å². The van der Waals surface area contributed by atoms with Gasteiger partial charge in [0.15, 0.2) is 5.65 Å². The minimum absolute atomic E-state index is 0.588. The molecule has 2 N–H and O–H groups in total. The zero-order valence-electron chi connectivity index (χ0n) is 9.76. The van der Waals surface area contributed by atoms with Crippen LogP contribution in [0.3, 0.4) is 0 Å². The lowest BCUT2D eigenvalue weighted by atomic mass is 10.1. The van der Waals surface area contributed by atoms with Crippen LogP contribution in [-0.4, -0.2) is 14.6 Å². The van der Waals surface area contributed by atoms with Crippen LogP contribution in [-0.2, 0) is 0 Å². The van der Waals surface area contributed by atoms with E-state index in [1.165, 1.54) is 0 Å². The normalized spacial score (nSPS) is 11.0. The van der Waals surface area contributed by atoms with E-state index in [0.29, 0.717) is 10.8 Å². The standard InChI is InChI=1S/C13H11ClN4/c1-8-12(9-2-4-10(14)5-3-9)13(15)18-11(17-8)6-7-16-18/h2-7H,15H2,1H3. The highest BCUT2D eigenvalue weighted by molar-refractivity contribution is 6.30. The van der Waals surface area contributed by atoms with Crippen LogP contribution in [0.2, 0.25) is 5.02 Å². The Balaban J connectivity index is 2.30. The molecular formula is C13H11ClN4. The van der Waals surface area contributed by atoms with Crippen molar-refractivity contribution >= 4 is 23.1 Å². The van der Waals surface area contributed by atoms with Crippen molar-refractivity contribution in [2.45, 2.75) is 6.92 Å². The summed E-state index contributed by atoms with van der Waals surface area (Å²) in [7, 11) is 0. The van der Waals surface area contributed by atoms with Crippen molar-refractivity contribution < 1.29 is 0 Å². The number of halogens is 1. The van der Waals surface area contributed by atoms with Crippen LogP contribution in [0.15, 0.2) is 36.5 Å². The van der Waals surface area contributed by atoms with Gasteiger partial charge in [-0.05, 0) is 24.6 Å². The van der Waals surface area contributed by atoms with Gasteiger partial charge in [-0.1, -0.05) is 23.7 Å². The van der Waals surface area contributed by atoms with Gasteiger partial charge in [0.2, 0.25) is 0 Å². The molecule has 0 spiro atoms. The number of anilines is 1. The van der Waals surface area contributed by atoms with Crippen molar-refractivity contribution in [3.05, 3.63) is 47.2 Å². The summed E-state index contributed by atoms with van der Waals surface area (Å²) in [5, 5.41) is 4.86. The number of aromatic nitrogens is 3. The molecule has 2 heterocycles. The van der Waals surface area contributed by atoms with Crippen molar-refractivity contribution in [1.82, 2.24) is 14.6 Å². The molecule has 0 atom stereocenters. The Kier molecular flexibility index (Phi) is 2.45. The average Bonchev–Trinajstić information content (AvgIpc) is 2.80. The Hall–Kier alpha value is -2.07. The first-order valence-corrected chi connectivity index (χ1v) is 5.90. The molecule has 5 heteroatoms. The molecule has 18 heavy (non-hydrogen) atoms. The van der Waals surface area contributed by atoms with Crippen molar-refractivity contribution in [2.75, 3.05) is 5.73 Å². The highest BCUT2D eigenvalue weighted by Crippen LogP contribution is 2.29. The minimum Gasteiger partial charge on any atom is -0.383 e. The molecule has 0 saturated carbocycles. The van der Waals surface area contributed by atoms with Gasteiger partial charge in [0, 0.05) is 16.7 Å². The SMILES string of the molecule is Cc1nc2ccnn2c(N)c1-c1ccc(Cl)cc1. The molecule has 4 nitrogen and oxygen atoms in total. The fraction of sp³-hybridized carbons (Fsp3) is 0.0769. The van der Waals surface area contributed by atoms with Gasteiger partial charge in [-0.3, -0.25) is 0 Å². The Labute approximate surface area is 109 Å². The summed E-state index contributed by atoms with van der Waals surface area (Å²) in [5.41, 5.74) is 9.67. The molecule has 0 unspecified atom stereocenters. The third kappa shape index (κ3) is 1.62. The Morgan fingerprint density at radius 3 is 2.61 bits per heavy atom. The van der Waals surface area contributed by atoms with Crippen LogP contribution in [0, 0.1) is 6.92 Å². The van der Waals surface area contributed by atoms with Crippen LogP contribution >= 0.6 is 11.6 Å². The summed E-state index contributed by atoms with van der Waals surface area (Å²) in [6, 6.07) is 9.36. The summed E-state index contributed by atoms with van der Waals surface area (Å²) in [5.74, 6) is 0.588. The Morgan fingerprint density at radius 2 is 1.89 bits per heavy atom. The molecule has 0 radical (unpaired) electrons. The molecule has 2 aromatic heterocycles. The molecule has 0 aliphatic heterocycles. The van der Waals surface area contributed by atoms with Gasteiger partial charge in [-0.2, -0.15) is 9.61 Å². The van der Waals surface area contributed by atoms with Gasteiger partial charge in [0.25, 0.3) is 0 Å². The second-order valence-electron chi connectivity index (χ2n) is 4.07. The maximum Gasteiger partial charge on any atom is 0.157 e. The van der Waals surface area contributed by atoms with E-state index in [2.05, 4.69) is 10.1 Å². The van der Waals surface area contributed by atoms with Gasteiger partial charge in [0.1, 0.15) is 5.82 Å². The summed E-state index contributed by atoms with van der Waals surface area (Å²) in [6.45, 7) is 1.94. The molecule has 0 amide bonds. The predicted octanol–water partition coefficient (Wildman–Crippen LogP) is 2.94. The van der Waals surface area contributed by atoms with Gasteiger partial charge in [-0.15, -0.1) is 0 Å². The van der Waals surface area contributed by atoms with Crippen LogP contribution in [0.25, 0.3) is 16.8 Å². The quantitative estimate of drug-likeness (QED) is 0.730. The molecule has 0 aliphatic carbocycles. The number of hydrogen-bond acceptors (Lipinski definition) is 3. The number of fused-ring (bicyclic) bond motifs is 1. The van der Waals surface area contributed by atoms with Crippen molar-refractivity contribution in [2.24, 2.45) is 0 Å². The summed E-state index contributed by atoms with van der Waals surface area (Å²) in [6.07, 6.45) is 1.68. The smallest absolute Gasteiger partial charge is 0.157 e. The fourth-order valence-corrected chi connectivity index (χ4v) is 2.18. The van der Waals surface area contributed by atoms with E-state index < -0.39 is 0 Å². The number of hydrogen-bond donors (Lipinski definition) is 1. The van der Waals surface area contributed by atoms with Crippen molar-refractivity contribution in [3.63, 3.8) is 0 Å². The monoisotopic (exact) mass is 258 g/mol. The molecular weight excluding hydrogens is 248 g/mol. The van der Waals surface area contributed by atoms with E-state index in [1.807, 2.05) is 37.3 Å². The number of nitrogens with two attached hydrogens (primary N) is 1. The third-order valence-corrected chi connectivity index (χ3v) is 3.14. The molecule has 1 aromatic carbocycles. The maximum absolute atomic E-state index is 6.16. The molecule has 0 saturated heterocycles. The van der Waals surface area contributed by atoms with Crippen LogP contribution in [0.1, 0.15) is 5.69 Å². The number of nitrogen functional groups attached to an aromatic ring is 1. The van der Waals surface area contributed by atoms with E-state index in [9.17, 15) is 0 Å². The summed E-state index contributed by atoms with van der Waals surface area (Å²) < 4.78 is 1.64. The molecule has 0 fully saturated rings. The maximum atomic E-state index is 6.16. The Morgan fingerprint density at radius 1 is 1.17 bits per heavy atom. The highest BCUT2D eigenvalue weighted by atomic mass is 35.5. The predicted molar refractivity (Wildman–Crippen MR) is 72.6 cm³/mol. The average molecular weight is 259 g/mol. The lowest BCUT2D eigenvalue weighted by molar-refractivity contribution is 0.945. The lowest BCUT2D eigenvalue weighted by Crippen LogP contribution is -2.05. The summed E-state index contributed by atoms with van der Waals surface area (Å²) in [4.78, 5) is 4.48. The minimum atomic E-state index is 0.588. The first-order chi connectivity index (χ1) is 8.66. The highest BCUT2D eigenvalue weighted by Gasteiger charge is 2.12.